The second kappa shape index (κ2) is 16.1. The van der Waals surface area contributed by atoms with E-state index in [1.54, 1.807) is 26.0 Å². The molecule has 2 aromatic rings. The van der Waals surface area contributed by atoms with Crippen LogP contribution in [0.15, 0.2) is 73.0 Å². The SMILES string of the molecule is C=CC(c1cccc(CN)c1)C(O/C(=C\CC)CNC(=O)OCC)Oc1ccccc1CC(=O)OCC. The van der Waals surface area contributed by atoms with Crippen molar-refractivity contribution in [1.82, 2.24) is 5.32 Å². The number of para-hydroxylation sites is 1. The van der Waals surface area contributed by atoms with E-state index in [1.165, 1.54) is 0 Å². The molecule has 1 amide bonds. The van der Waals surface area contributed by atoms with Crippen molar-refractivity contribution >= 4 is 12.1 Å². The van der Waals surface area contributed by atoms with Crippen LogP contribution in [-0.4, -0.2) is 38.1 Å². The Labute approximate surface area is 219 Å². The maximum Gasteiger partial charge on any atom is 0.407 e. The maximum absolute atomic E-state index is 12.2. The van der Waals surface area contributed by atoms with Crippen molar-refractivity contribution in [3.63, 3.8) is 0 Å². The molecule has 0 saturated carbocycles. The number of amides is 1. The first-order chi connectivity index (χ1) is 17.9. The number of alkyl carbamates (subject to hydrolysis) is 1. The first-order valence-electron chi connectivity index (χ1n) is 12.5. The monoisotopic (exact) mass is 510 g/mol. The molecule has 0 aliphatic carbocycles. The predicted octanol–water partition coefficient (Wildman–Crippen LogP) is 4.98. The van der Waals surface area contributed by atoms with Gasteiger partial charge in [0.2, 0.25) is 0 Å². The Morgan fingerprint density at radius 1 is 1.05 bits per heavy atom. The average molecular weight is 511 g/mol. The zero-order valence-corrected chi connectivity index (χ0v) is 21.9. The summed E-state index contributed by atoms with van der Waals surface area (Å²) in [5.74, 6) is 0.240. The molecule has 8 heteroatoms. The van der Waals surface area contributed by atoms with Gasteiger partial charge in [0, 0.05) is 12.1 Å². The maximum atomic E-state index is 12.2. The van der Waals surface area contributed by atoms with Crippen molar-refractivity contribution in [1.29, 1.82) is 0 Å². The van der Waals surface area contributed by atoms with Crippen LogP contribution in [0.25, 0.3) is 0 Å². The van der Waals surface area contributed by atoms with Crippen molar-refractivity contribution in [2.24, 2.45) is 5.73 Å². The highest BCUT2D eigenvalue weighted by molar-refractivity contribution is 5.73. The summed E-state index contributed by atoms with van der Waals surface area (Å²) in [5.41, 5.74) is 8.40. The fourth-order valence-corrected chi connectivity index (χ4v) is 3.64. The van der Waals surface area contributed by atoms with Crippen LogP contribution in [0, 0.1) is 0 Å². The molecular weight excluding hydrogens is 472 g/mol. The molecule has 2 aromatic carbocycles. The summed E-state index contributed by atoms with van der Waals surface area (Å²) in [6.45, 7) is 10.6. The number of rotatable bonds is 15. The minimum atomic E-state index is -0.865. The molecule has 2 unspecified atom stereocenters. The third-order valence-electron chi connectivity index (χ3n) is 5.36. The molecule has 0 aromatic heterocycles. The molecule has 0 radical (unpaired) electrons. The molecular formula is C29H38N2O6. The number of hydrogen-bond acceptors (Lipinski definition) is 7. The zero-order valence-electron chi connectivity index (χ0n) is 21.9. The predicted molar refractivity (Wildman–Crippen MR) is 143 cm³/mol. The van der Waals surface area contributed by atoms with Gasteiger partial charge < -0.3 is 30.0 Å². The highest BCUT2D eigenvalue weighted by Crippen LogP contribution is 2.30. The minimum Gasteiger partial charge on any atom is -0.466 e. The molecule has 2 atom stereocenters. The minimum absolute atomic E-state index is 0.0558. The summed E-state index contributed by atoms with van der Waals surface area (Å²) in [4.78, 5) is 24.1. The average Bonchev–Trinajstić information content (AvgIpc) is 2.89. The molecule has 0 spiro atoms. The number of nitrogens with one attached hydrogen (secondary N) is 1. The molecule has 8 nitrogen and oxygen atoms in total. The van der Waals surface area contributed by atoms with Gasteiger partial charge in [-0.3, -0.25) is 4.79 Å². The van der Waals surface area contributed by atoms with E-state index in [-0.39, 0.29) is 25.5 Å². The lowest BCUT2D eigenvalue weighted by molar-refractivity contribution is -0.142. The highest BCUT2D eigenvalue weighted by Gasteiger charge is 2.27. The van der Waals surface area contributed by atoms with Gasteiger partial charge in [-0.2, -0.15) is 0 Å². The second-order valence-electron chi connectivity index (χ2n) is 8.06. The van der Waals surface area contributed by atoms with Gasteiger partial charge in [0.15, 0.2) is 0 Å². The third-order valence-corrected chi connectivity index (χ3v) is 5.36. The number of benzene rings is 2. The number of esters is 1. The first-order valence-corrected chi connectivity index (χ1v) is 12.5. The van der Waals surface area contributed by atoms with E-state index in [0.29, 0.717) is 36.6 Å². The van der Waals surface area contributed by atoms with E-state index < -0.39 is 18.3 Å². The van der Waals surface area contributed by atoms with Crippen LogP contribution in [0.1, 0.15) is 49.8 Å². The van der Waals surface area contributed by atoms with E-state index in [0.717, 1.165) is 11.1 Å². The Kier molecular flexibility index (Phi) is 12.8. The van der Waals surface area contributed by atoms with E-state index in [4.69, 9.17) is 24.7 Å². The third kappa shape index (κ3) is 9.65. The standard InChI is InChI=1S/C29H38N2O6/c1-5-12-24(20-31-29(33)35-8-4)36-28(25(6-2)22-15-11-13-21(17-22)19-30)37-26-16-10-9-14-23(26)18-27(32)34-7-3/h6,9-17,25,28H,2,5,7-8,18-20,30H2,1,3-4H3,(H,31,33)/b24-12-. The van der Waals surface area contributed by atoms with Gasteiger partial charge in [0.25, 0.3) is 6.29 Å². The van der Waals surface area contributed by atoms with E-state index in [1.807, 2.05) is 55.5 Å². The largest absolute Gasteiger partial charge is 0.466 e. The van der Waals surface area contributed by atoms with Crippen LogP contribution in [0.4, 0.5) is 4.79 Å². The second-order valence-corrected chi connectivity index (χ2v) is 8.06. The lowest BCUT2D eigenvalue weighted by atomic mass is 9.96. The van der Waals surface area contributed by atoms with Crippen LogP contribution in [0.3, 0.4) is 0 Å². The number of nitrogens with two attached hydrogens (primary N) is 1. The van der Waals surface area contributed by atoms with E-state index in [2.05, 4.69) is 11.9 Å². The molecule has 0 aliphatic heterocycles. The molecule has 3 N–H and O–H groups in total. The Morgan fingerprint density at radius 3 is 2.49 bits per heavy atom. The molecule has 0 bridgehead atoms. The Bertz CT molecular complexity index is 1050. The lowest BCUT2D eigenvalue weighted by Crippen LogP contribution is -2.32. The Morgan fingerprint density at radius 2 is 1.81 bits per heavy atom. The molecule has 0 aliphatic rings. The van der Waals surface area contributed by atoms with Crippen molar-refractivity contribution < 1.29 is 28.5 Å². The van der Waals surface area contributed by atoms with Crippen molar-refractivity contribution in [3.8, 4) is 5.75 Å². The summed E-state index contributed by atoms with van der Waals surface area (Å²) in [6.07, 6.45) is 2.94. The molecule has 37 heavy (non-hydrogen) atoms. The quantitative estimate of drug-likeness (QED) is 0.150. The fourth-order valence-electron chi connectivity index (χ4n) is 3.64. The van der Waals surface area contributed by atoms with Crippen molar-refractivity contribution in [2.75, 3.05) is 19.8 Å². The van der Waals surface area contributed by atoms with Gasteiger partial charge in [-0.05, 0) is 43.5 Å². The van der Waals surface area contributed by atoms with Crippen LogP contribution < -0.4 is 15.8 Å². The fraction of sp³-hybridized carbons (Fsp3) is 0.379. The molecule has 200 valence electrons. The number of hydrogen-bond donors (Lipinski definition) is 2. The Balaban J connectivity index is 2.42. The van der Waals surface area contributed by atoms with Gasteiger partial charge in [-0.25, -0.2) is 4.79 Å². The number of carbonyl (C=O) groups is 2. The number of allylic oxidation sites excluding steroid dienone is 1. The van der Waals surface area contributed by atoms with E-state index in [9.17, 15) is 9.59 Å². The summed E-state index contributed by atoms with van der Waals surface area (Å²) in [6, 6.07) is 15.1. The summed E-state index contributed by atoms with van der Waals surface area (Å²) < 4.78 is 22.9. The van der Waals surface area contributed by atoms with Gasteiger partial charge in [0.05, 0.1) is 32.1 Å². The van der Waals surface area contributed by atoms with Crippen LogP contribution >= 0.6 is 0 Å². The lowest BCUT2D eigenvalue weighted by Gasteiger charge is -2.29. The van der Waals surface area contributed by atoms with Gasteiger partial charge in [-0.15, -0.1) is 6.58 Å². The van der Waals surface area contributed by atoms with Crippen molar-refractivity contribution in [2.45, 2.75) is 52.4 Å². The highest BCUT2D eigenvalue weighted by atomic mass is 16.7. The van der Waals surface area contributed by atoms with Crippen LogP contribution in [0.5, 0.6) is 5.75 Å². The molecule has 0 heterocycles. The van der Waals surface area contributed by atoms with Crippen molar-refractivity contribution in [3.05, 3.63) is 89.7 Å². The van der Waals surface area contributed by atoms with Gasteiger partial charge >= 0.3 is 12.1 Å². The number of ether oxygens (including phenoxy) is 4. The first kappa shape index (κ1) is 29.5. The van der Waals surface area contributed by atoms with Crippen LogP contribution in [-0.2, 0) is 32.0 Å². The van der Waals surface area contributed by atoms with Gasteiger partial charge in [-0.1, -0.05) is 55.5 Å². The Hall–Kier alpha value is -3.78. The van der Waals surface area contributed by atoms with E-state index >= 15 is 0 Å². The molecule has 0 fully saturated rings. The summed E-state index contributed by atoms with van der Waals surface area (Å²) in [7, 11) is 0. The molecule has 0 saturated heterocycles. The summed E-state index contributed by atoms with van der Waals surface area (Å²) in [5, 5.41) is 2.69. The summed E-state index contributed by atoms with van der Waals surface area (Å²) >= 11 is 0. The van der Waals surface area contributed by atoms with Crippen LogP contribution in [0.2, 0.25) is 0 Å². The number of carbonyl (C=O) groups excluding carboxylic acids is 2. The van der Waals surface area contributed by atoms with Gasteiger partial charge in [0.1, 0.15) is 11.5 Å². The molecule has 2 rings (SSSR count). The topological polar surface area (TPSA) is 109 Å². The normalized spacial score (nSPS) is 12.7. The smallest absolute Gasteiger partial charge is 0.407 e. The zero-order chi connectivity index (χ0) is 27.0.